The Balaban J connectivity index is 1.49. The number of benzene rings is 2. The molecule has 2 aliphatic heterocycles. The number of carbonyl (C=O) groups excluding carboxylic acids is 3. The van der Waals surface area contributed by atoms with E-state index in [4.69, 9.17) is 4.74 Å². The second-order valence-electron chi connectivity index (χ2n) is 8.24. The maximum absolute atomic E-state index is 13.1. The van der Waals surface area contributed by atoms with Crippen LogP contribution < -0.4 is 15.4 Å². The fraction of sp³-hybridized carbons (Fsp3) is 0.200. The molecule has 8 nitrogen and oxygen atoms in total. The zero-order valence-corrected chi connectivity index (χ0v) is 18.2. The van der Waals surface area contributed by atoms with Crippen molar-refractivity contribution in [2.75, 3.05) is 13.7 Å². The van der Waals surface area contributed by atoms with Gasteiger partial charge in [0.05, 0.1) is 19.3 Å². The first-order chi connectivity index (χ1) is 15.9. The van der Waals surface area contributed by atoms with E-state index < -0.39 is 17.5 Å². The highest BCUT2D eigenvalue weighted by molar-refractivity contribution is 6.08. The van der Waals surface area contributed by atoms with Gasteiger partial charge in [-0.2, -0.15) is 0 Å². The number of carbonyl (C=O) groups is 3. The zero-order valence-electron chi connectivity index (χ0n) is 18.2. The van der Waals surface area contributed by atoms with Crippen molar-refractivity contribution in [3.63, 3.8) is 0 Å². The normalized spacial score (nSPS) is 19.3. The quantitative estimate of drug-likeness (QED) is 0.592. The molecule has 0 spiro atoms. The molecule has 1 fully saturated rings. The molecule has 3 aromatic rings. The van der Waals surface area contributed by atoms with E-state index in [1.165, 1.54) is 0 Å². The number of pyridine rings is 1. The summed E-state index contributed by atoms with van der Waals surface area (Å²) in [4.78, 5) is 44.3. The molecule has 4 amide bonds. The second-order valence-corrected chi connectivity index (χ2v) is 8.24. The van der Waals surface area contributed by atoms with E-state index >= 15 is 0 Å². The number of nitrogens with zero attached hydrogens (tertiary/aromatic N) is 2. The number of hydrogen-bond acceptors (Lipinski definition) is 5. The molecule has 0 saturated carbocycles. The van der Waals surface area contributed by atoms with Crippen molar-refractivity contribution in [2.45, 2.75) is 19.0 Å². The molecule has 0 aliphatic carbocycles. The van der Waals surface area contributed by atoms with Gasteiger partial charge < -0.3 is 15.0 Å². The molecule has 0 unspecified atom stereocenters. The standard InChI is InChI=1S/C25H22N4O4/c1-15-4-3-11-26-21(15)16-5-8-18(9-6-16)25(23(31)27-24(32)28-25)14-29-13-17-7-10-19(33-2)12-20(17)22(29)30/h3-12H,13-14H2,1-2H3,(H2,27,28,31,32)/t25-/m1/s1. The van der Waals surface area contributed by atoms with Crippen LogP contribution >= 0.6 is 0 Å². The number of aromatic nitrogens is 1. The number of imide groups is 1. The van der Waals surface area contributed by atoms with Crippen LogP contribution in [0.15, 0.2) is 60.8 Å². The number of amides is 4. The fourth-order valence-electron chi connectivity index (χ4n) is 4.48. The molecular weight excluding hydrogens is 420 g/mol. The summed E-state index contributed by atoms with van der Waals surface area (Å²) in [5, 5.41) is 5.10. The summed E-state index contributed by atoms with van der Waals surface area (Å²) in [7, 11) is 1.54. The molecule has 2 aromatic carbocycles. The monoisotopic (exact) mass is 442 g/mol. The summed E-state index contributed by atoms with van der Waals surface area (Å²) in [6.45, 7) is 2.32. The Bertz CT molecular complexity index is 1290. The van der Waals surface area contributed by atoms with Gasteiger partial charge in [0.2, 0.25) is 0 Å². The van der Waals surface area contributed by atoms with Crippen LogP contribution in [0.5, 0.6) is 5.75 Å². The Labute approximate surface area is 190 Å². The van der Waals surface area contributed by atoms with Gasteiger partial charge in [-0.05, 0) is 41.8 Å². The van der Waals surface area contributed by atoms with E-state index in [1.807, 2.05) is 37.3 Å². The van der Waals surface area contributed by atoms with E-state index in [2.05, 4.69) is 15.6 Å². The molecule has 2 aliphatic rings. The summed E-state index contributed by atoms with van der Waals surface area (Å²) < 4.78 is 5.24. The number of aryl methyl sites for hydroxylation is 1. The average molecular weight is 442 g/mol. The molecule has 0 bridgehead atoms. The molecule has 2 N–H and O–H groups in total. The minimum Gasteiger partial charge on any atom is -0.497 e. The topological polar surface area (TPSA) is 101 Å². The van der Waals surface area contributed by atoms with Crippen molar-refractivity contribution in [3.8, 4) is 17.0 Å². The van der Waals surface area contributed by atoms with Crippen molar-refractivity contribution in [1.82, 2.24) is 20.5 Å². The number of methoxy groups -OCH3 is 1. The summed E-state index contributed by atoms with van der Waals surface area (Å²) in [5.74, 6) is -0.112. The van der Waals surface area contributed by atoms with Gasteiger partial charge >= 0.3 is 6.03 Å². The summed E-state index contributed by atoms with van der Waals surface area (Å²) in [5.41, 5.74) is 3.35. The van der Waals surface area contributed by atoms with Crippen LogP contribution in [0.2, 0.25) is 0 Å². The SMILES string of the molecule is COc1ccc2c(c1)C(=O)N(C[C@]1(c3ccc(-c4ncccc4C)cc3)NC(=O)NC1=O)C2. The third kappa shape index (κ3) is 3.40. The number of rotatable bonds is 5. The number of fused-ring (bicyclic) bond motifs is 1. The summed E-state index contributed by atoms with van der Waals surface area (Å²) in [6, 6.07) is 15.9. The average Bonchev–Trinajstić information content (AvgIpc) is 3.29. The molecule has 166 valence electrons. The fourth-order valence-corrected chi connectivity index (χ4v) is 4.48. The first-order valence-electron chi connectivity index (χ1n) is 10.5. The first kappa shape index (κ1) is 20.7. The molecule has 5 rings (SSSR count). The van der Waals surface area contributed by atoms with Gasteiger partial charge in [0.1, 0.15) is 5.75 Å². The van der Waals surface area contributed by atoms with Crippen molar-refractivity contribution >= 4 is 17.8 Å². The summed E-state index contributed by atoms with van der Waals surface area (Å²) >= 11 is 0. The third-order valence-corrected chi connectivity index (χ3v) is 6.23. The zero-order chi connectivity index (χ0) is 23.2. The third-order valence-electron chi connectivity index (χ3n) is 6.23. The van der Waals surface area contributed by atoms with Crippen LogP contribution in [-0.2, 0) is 16.9 Å². The molecule has 3 heterocycles. The van der Waals surface area contributed by atoms with E-state index in [-0.39, 0.29) is 12.5 Å². The lowest BCUT2D eigenvalue weighted by atomic mass is 9.88. The Morgan fingerprint density at radius 3 is 2.55 bits per heavy atom. The second kappa shape index (κ2) is 7.74. The lowest BCUT2D eigenvalue weighted by molar-refractivity contribution is -0.124. The highest BCUT2D eigenvalue weighted by atomic mass is 16.5. The van der Waals surface area contributed by atoms with Gasteiger partial charge in [-0.15, -0.1) is 0 Å². The predicted octanol–water partition coefficient (Wildman–Crippen LogP) is 2.76. The van der Waals surface area contributed by atoms with Gasteiger partial charge in [-0.25, -0.2) is 4.79 Å². The van der Waals surface area contributed by atoms with Gasteiger partial charge in [0.15, 0.2) is 5.54 Å². The maximum atomic E-state index is 13.1. The lowest BCUT2D eigenvalue weighted by Crippen LogP contribution is -2.52. The van der Waals surface area contributed by atoms with Crippen molar-refractivity contribution in [3.05, 3.63) is 83.0 Å². The molecule has 1 saturated heterocycles. The van der Waals surface area contributed by atoms with E-state index in [0.29, 0.717) is 23.4 Å². The van der Waals surface area contributed by atoms with Crippen molar-refractivity contribution in [2.24, 2.45) is 0 Å². The first-order valence-corrected chi connectivity index (χ1v) is 10.5. The molecule has 0 radical (unpaired) electrons. The van der Waals surface area contributed by atoms with Crippen LogP contribution in [0.4, 0.5) is 4.79 Å². The van der Waals surface area contributed by atoms with Gasteiger partial charge in [-0.1, -0.05) is 36.4 Å². The van der Waals surface area contributed by atoms with Crippen LogP contribution in [0, 0.1) is 6.92 Å². The number of hydrogen-bond donors (Lipinski definition) is 2. The molecule has 1 atom stereocenters. The minimum absolute atomic E-state index is 0.00234. The van der Waals surface area contributed by atoms with Gasteiger partial charge in [0.25, 0.3) is 11.8 Å². The minimum atomic E-state index is -1.39. The smallest absolute Gasteiger partial charge is 0.322 e. The Hall–Kier alpha value is -4.20. The van der Waals surface area contributed by atoms with Gasteiger partial charge in [-0.3, -0.25) is 19.9 Å². The molecule has 8 heteroatoms. The highest BCUT2D eigenvalue weighted by Crippen LogP contribution is 2.33. The number of urea groups is 1. The Kier molecular flexibility index (Phi) is 4.85. The molecular formula is C25H22N4O4. The predicted molar refractivity (Wildman–Crippen MR) is 120 cm³/mol. The molecule has 1 aromatic heterocycles. The van der Waals surface area contributed by atoms with Crippen molar-refractivity contribution in [1.29, 1.82) is 0 Å². The van der Waals surface area contributed by atoms with E-state index in [0.717, 1.165) is 22.4 Å². The van der Waals surface area contributed by atoms with Crippen LogP contribution in [0.25, 0.3) is 11.3 Å². The number of nitrogens with one attached hydrogen (secondary N) is 2. The maximum Gasteiger partial charge on any atom is 0.322 e. The van der Waals surface area contributed by atoms with Crippen LogP contribution in [-0.4, -0.2) is 41.4 Å². The van der Waals surface area contributed by atoms with Crippen LogP contribution in [0.3, 0.4) is 0 Å². The Morgan fingerprint density at radius 1 is 1.09 bits per heavy atom. The Morgan fingerprint density at radius 2 is 1.88 bits per heavy atom. The van der Waals surface area contributed by atoms with Gasteiger partial charge in [0, 0.05) is 23.9 Å². The van der Waals surface area contributed by atoms with Crippen LogP contribution in [0.1, 0.15) is 27.0 Å². The van der Waals surface area contributed by atoms with E-state index in [9.17, 15) is 14.4 Å². The largest absolute Gasteiger partial charge is 0.497 e. The summed E-state index contributed by atoms with van der Waals surface area (Å²) in [6.07, 6.45) is 1.73. The van der Waals surface area contributed by atoms with Crippen molar-refractivity contribution < 1.29 is 19.1 Å². The highest BCUT2D eigenvalue weighted by Gasteiger charge is 2.50. The molecule has 33 heavy (non-hydrogen) atoms. The van der Waals surface area contributed by atoms with E-state index in [1.54, 1.807) is 42.5 Å². The lowest BCUT2D eigenvalue weighted by Gasteiger charge is -2.31. The number of ether oxygens (including phenoxy) is 1.